The predicted octanol–water partition coefficient (Wildman–Crippen LogP) is 3.37. The number of ether oxygens (including phenoxy) is 2. The highest BCUT2D eigenvalue weighted by molar-refractivity contribution is 6.32. The van der Waals surface area contributed by atoms with Crippen molar-refractivity contribution in [1.82, 2.24) is 4.90 Å². The Morgan fingerprint density at radius 3 is 2.75 bits per heavy atom. The molecule has 1 atom stereocenters. The molecule has 2 rings (SSSR count). The Balaban J connectivity index is 0.00000288. The molecule has 1 aliphatic heterocycles. The normalized spacial score (nSPS) is 17.4. The first kappa shape index (κ1) is 20.9. The first-order chi connectivity index (χ1) is 10.9. The number of amides is 1. The van der Waals surface area contributed by atoms with Gasteiger partial charge in [0.2, 0.25) is 0 Å². The lowest BCUT2D eigenvalue weighted by atomic mass is 10.1. The average Bonchev–Trinajstić information content (AvgIpc) is 2.52. The Bertz CT molecular complexity index is 567. The highest BCUT2D eigenvalue weighted by Crippen LogP contribution is 2.37. The third-order valence-corrected chi connectivity index (χ3v) is 4.06. The van der Waals surface area contributed by atoms with Gasteiger partial charge in [0.25, 0.3) is 5.91 Å². The molecule has 1 aromatic carbocycles. The zero-order valence-corrected chi connectivity index (χ0v) is 16.0. The van der Waals surface area contributed by atoms with Gasteiger partial charge in [-0.15, -0.1) is 12.4 Å². The molecule has 1 aromatic rings. The Morgan fingerprint density at radius 2 is 2.17 bits per heavy atom. The SMILES string of the molecule is COc1cc(C(=O)N2CCCC(N)C2)cc(Cl)c1OCC(C)C.Cl. The molecule has 0 bridgehead atoms. The van der Waals surface area contributed by atoms with E-state index in [0.29, 0.717) is 41.2 Å². The minimum atomic E-state index is -0.0734. The number of carbonyl (C=O) groups excluding carboxylic acids is 1. The van der Waals surface area contributed by atoms with E-state index in [9.17, 15) is 4.79 Å². The Labute approximate surface area is 154 Å². The second-order valence-electron chi connectivity index (χ2n) is 6.35. The summed E-state index contributed by atoms with van der Waals surface area (Å²) >= 11 is 6.31. The third-order valence-electron chi connectivity index (χ3n) is 3.78. The lowest BCUT2D eigenvalue weighted by Crippen LogP contribution is -2.45. The fourth-order valence-electron chi connectivity index (χ4n) is 2.61. The van der Waals surface area contributed by atoms with Gasteiger partial charge in [0.15, 0.2) is 11.5 Å². The van der Waals surface area contributed by atoms with Crippen LogP contribution in [0.2, 0.25) is 5.02 Å². The van der Waals surface area contributed by atoms with E-state index < -0.39 is 0 Å². The van der Waals surface area contributed by atoms with Crippen molar-refractivity contribution >= 4 is 29.9 Å². The molecule has 0 aromatic heterocycles. The van der Waals surface area contributed by atoms with Crippen LogP contribution in [-0.2, 0) is 0 Å². The summed E-state index contributed by atoms with van der Waals surface area (Å²) in [6.07, 6.45) is 1.88. The fourth-order valence-corrected chi connectivity index (χ4v) is 2.88. The van der Waals surface area contributed by atoms with E-state index in [0.717, 1.165) is 19.4 Å². The van der Waals surface area contributed by atoms with Crippen LogP contribution in [0.4, 0.5) is 0 Å². The van der Waals surface area contributed by atoms with Crippen molar-refractivity contribution in [2.75, 3.05) is 26.8 Å². The largest absolute Gasteiger partial charge is 0.493 e. The number of hydrogen-bond donors (Lipinski definition) is 1. The van der Waals surface area contributed by atoms with Gasteiger partial charge in [-0.05, 0) is 30.9 Å². The Hall–Kier alpha value is -1.17. The van der Waals surface area contributed by atoms with Crippen molar-refractivity contribution in [1.29, 1.82) is 0 Å². The summed E-state index contributed by atoms with van der Waals surface area (Å²) in [5.74, 6) is 1.25. The van der Waals surface area contributed by atoms with Crippen molar-refractivity contribution in [3.8, 4) is 11.5 Å². The number of benzene rings is 1. The van der Waals surface area contributed by atoms with E-state index in [1.165, 1.54) is 0 Å². The monoisotopic (exact) mass is 376 g/mol. The van der Waals surface area contributed by atoms with Gasteiger partial charge in [-0.3, -0.25) is 4.79 Å². The second-order valence-corrected chi connectivity index (χ2v) is 6.75. The van der Waals surface area contributed by atoms with Crippen molar-refractivity contribution < 1.29 is 14.3 Å². The molecule has 0 spiro atoms. The van der Waals surface area contributed by atoms with Gasteiger partial charge in [0, 0.05) is 24.7 Å². The number of halogens is 2. The summed E-state index contributed by atoms with van der Waals surface area (Å²) in [6, 6.07) is 3.37. The quantitative estimate of drug-likeness (QED) is 0.855. The van der Waals surface area contributed by atoms with Crippen LogP contribution in [0.15, 0.2) is 12.1 Å². The van der Waals surface area contributed by atoms with E-state index in [-0.39, 0.29) is 24.4 Å². The van der Waals surface area contributed by atoms with Crippen molar-refractivity contribution in [3.05, 3.63) is 22.7 Å². The van der Waals surface area contributed by atoms with Crippen LogP contribution in [0.25, 0.3) is 0 Å². The first-order valence-electron chi connectivity index (χ1n) is 7.97. The summed E-state index contributed by atoms with van der Waals surface area (Å²) in [4.78, 5) is 14.4. The van der Waals surface area contributed by atoms with Crippen molar-refractivity contribution in [2.24, 2.45) is 11.7 Å². The van der Waals surface area contributed by atoms with E-state index in [4.69, 9.17) is 26.8 Å². The van der Waals surface area contributed by atoms with Crippen LogP contribution >= 0.6 is 24.0 Å². The third kappa shape index (κ3) is 5.16. The molecule has 0 radical (unpaired) electrons. The van der Waals surface area contributed by atoms with E-state index >= 15 is 0 Å². The van der Waals surface area contributed by atoms with Crippen LogP contribution in [0.5, 0.6) is 11.5 Å². The highest BCUT2D eigenvalue weighted by atomic mass is 35.5. The topological polar surface area (TPSA) is 64.8 Å². The lowest BCUT2D eigenvalue weighted by Gasteiger charge is -2.31. The summed E-state index contributed by atoms with van der Waals surface area (Å²) in [6.45, 7) is 5.93. The molecule has 0 saturated carbocycles. The number of methoxy groups -OCH3 is 1. The molecule has 0 aliphatic carbocycles. The molecule has 1 fully saturated rings. The molecule has 136 valence electrons. The summed E-state index contributed by atoms with van der Waals surface area (Å²) < 4.78 is 11.1. The molecular formula is C17H26Cl2N2O3. The molecule has 1 heterocycles. The van der Waals surface area contributed by atoms with Crippen LogP contribution < -0.4 is 15.2 Å². The zero-order valence-electron chi connectivity index (χ0n) is 14.4. The smallest absolute Gasteiger partial charge is 0.254 e. The molecule has 1 saturated heterocycles. The maximum atomic E-state index is 12.7. The summed E-state index contributed by atoms with van der Waals surface area (Å²) in [7, 11) is 1.54. The number of rotatable bonds is 5. The zero-order chi connectivity index (χ0) is 17.0. The highest BCUT2D eigenvalue weighted by Gasteiger charge is 2.24. The first-order valence-corrected chi connectivity index (χ1v) is 8.35. The fraction of sp³-hybridized carbons (Fsp3) is 0.588. The van der Waals surface area contributed by atoms with Gasteiger partial charge in [0.05, 0.1) is 18.7 Å². The molecular weight excluding hydrogens is 351 g/mol. The van der Waals surface area contributed by atoms with Gasteiger partial charge < -0.3 is 20.1 Å². The Kier molecular flexibility index (Phi) is 8.13. The molecule has 24 heavy (non-hydrogen) atoms. The van der Waals surface area contributed by atoms with Crippen LogP contribution in [0.1, 0.15) is 37.0 Å². The van der Waals surface area contributed by atoms with E-state index in [1.807, 2.05) is 0 Å². The second kappa shape index (κ2) is 9.35. The molecule has 7 heteroatoms. The number of likely N-dealkylation sites (tertiary alicyclic amines) is 1. The van der Waals surface area contributed by atoms with Crippen LogP contribution in [0.3, 0.4) is 0 Å². The minimum Gasteiger partial charge on any atom is -0.493 e. The van der Waals surface area contributed by atoms with E-state index in [2.05, 4.69) is 13.8 Å². The van der Waals surface area contributed by atoms with Crippen molar-refractivity contribution in [2.45, 2.75) is 32.7 Å². The number of piperidine rings is 1. The number of nitrogens with two attached hydrogens (primary N) is 1. The standard InChI is InChI=1S/C17H25ClN2O3.ClH/c1-11(2)10-23-16-14(18)7-12(8-15(16)22-3)17(21)20-6-4-5-13(19)9-20;/h7-8,11,13H,4-6,9-10,19H2,1-3H3;1H. The van der Waals surface area contributed by atoms with Gasteiger partial charge in [-0.1, -0.05) is 25.4 Å². The van der Waals surface area contributed by atoms with Crippen molar-refractivity contribution in [3.63, 3.8) is 0 Å². The molecule has 1 aliphatic rings. The van der Waals surface area contributed by atoms with Crippen LogP contribution in [-0.4, -0.2) is 43.7 Å². The lowest BCUT2D eigenvalue weighted by molar-refractivity contribution is 0.0708. The summed E-state index contributed by atoms with van der Waals surface area (Å²) in [5, 5.41) is 0.384. The molecule has 1 amide bonds. The number of hydrogen-bond acceptors (Lipinski definition) is 4. The average molecular weight is 377 g/mol. The number of carbonyl (C=O) groups is 1. The van der Waals surface area contributed by atoms with Crippen LogP contribution in [0, 0.1) is 5.92 Å². The Morgan fingerprint density at radius 1 is 1.46 bits per heavy atom. The maximum Gasteiger partial charge on any atom is 0.254 e. The van der Waals surface area contributed by atoms with Gasteiger partial charge in [-0.25, -0.2) is 0 Å². The predicted molar refractivity (Wildman–Crippen MR) is 98.7 cm³/mol. The van der Waals surface area contributed by atoms with E-state index in [1.54, 1.807) is 24.1 Å². The maximum absolute atomic E-state index is 12.7. The number of nitrogens with zero attached hydrogens (tertiary/aromatic N) is 1. The van der Waals surface area contributed by atoms with Gasteiger partial charge >= 0.3 is 0 Å². The van der Waals surface area contributed by atoms with Gasteiger partial charge in [-0.2, -0.15) is 0 Å². The minimum absolute atomic E-state index is 0. The molecule has 1 unspecified atom stereocenters. The molecule has 5 nitrogen and oxygen atoms in total. The molecule has 2 N–H and O–H groups in total. The van der Waals surface area contributed by atoms with Gasteiger partial charge in [0.1, 0.15) is 0 Å². The summed E-state index contributed by atoms with van der Waals surface area (Å²) in [5.41, 5.74) is 6.45.